The van der Waals surface area contributed by atoms with Gasteiger partial charge in [0.25, 0.3) is 0 Å². The highest BCUT2D eigenvalue weighted by Gasteiger charge is 2.29. The first-order valence-corrected chi connectivity index (χ1v) is 10.5. The summed E-state index contributed by atoms with van der Waals surface area (Å²) >= 11 is 0. The molecule has 0 aromatic carbocycles. The Morgan fingerprint density at radius 1 is 1.07 bits per heavy atom. The van der Waals surface area contributed by atoms with Crippen LogP contribution < -0.4 is 0 Å². The highest BCUT2D eigenvalue weighted by molar-refractivity contribution is 5.90. The molecule has 2 fully saturated rings. The largest absolute Gasteiger partial charge is 0.464 e. The van der Waals surface area contributed by atoms with E-state index in [4.69, 9.17) is 9.15 Å². The van der Waals surface area contributed by atoms with Crippen LogP contribution in [0.15, 0.2) is 34.9 Å². The molecule has 0 atom stereocenters. The van der Waals surface area contributed by atoms with Crippen LogP contribution in [0.1, 0.15) is 42.6 Å². The summed E-state index contributed by atoms with van der Waals surface area (Å²) in [6, 6.07) is 7.68. The first kappa shape index (κ1) is 19.8. The summed E-state index contributed by atoms with van der Waals surface area (Å²) in [5.74, 6) is 0.187. The van der Waals surface area contributed by atoms with Crippen molar-refractivity contribution in [3.05, 3.63) is 36.2 Å². The molecule has 2 aromatic rings. The lowest BCUT2D eigenvalue weighted by atomic mass is 10.00. The van der Waals surface area contributed by atoms with Gasteiger partial charge in [-0.2, -0.15) is 0 Å². The lowest BCUT2D eigenvalue weighted by molar-refractivity contribution is -0.133. The van der Waals surface area contributed by atoms with E-state index in [1.807, 2.05) is 11.0 Å². The maximum absolute atomic E-state index is 13.0. The highest BCUT2D eigenvalue weighted by atomic mass is 16.5. The van der Waals surface area contributed by atoms with Crippen LogP contribution >= 0.6 is 0 Å². The summed E-state index contributed by atoms with van der Waals surface area (Å²) in [4.78, 5) is 29.8. The third kappa shape index (κ3) is 4.24. The third-order valence-corrected chi connectivity index (χ3v) is 6.17. The Kier molecular flexibility index (Phi) is 6.04. The molecule has 29 heavy (non-hydrogen) atoms. The summed E-state index contributed by atoms with van der Waals surface area (Å²) in [5.41, 5.74) is 1.06. The van der Waals surface area contributed by atoms with E-state index in [2.05, 4.69) is 4.90 Å². The molecule has 2 aliphatic heterocycles. The number of likely N-dealkylation sites (tertiary alicyclic amines) is 2. The topological polar surface area (TPSA) is 67.9 Å². The Labute approximate surface area is 171 Å². The molecular formula is C22H29N3O4. The van der Waals surface area contributed by atoms with Crippen LogP contribution in [0.3, 0.4) is 0 Å². The molecule has 0 N–H and O–H groups in total. The predicted octanol–water partition coefficient (Wildman–Crippen LogP) is 3.01. The maximum Gasteiger partial charge on any atom is 0.354 e. The monoisotopic (exact) mass is 399 g/mol. The summed E-state index contributed by atoms with van der Waals surface area (Å²) in [6.45, 7) is 4.02. The van der Waals surface area contributed by atoms with Gasteiger partial charge in [-0.1, -0.05) is 6.42 Å². The fourth-order valence-electron chi connectivity index (χ4n) is 4.56. The van der Waals surface area contributed by atoms with Gasteiger partial charge in [0.05, 0.1) is 19.1 Å². The zero-order valence-corrected chi connectivity index (χ0v) is 17.0. The van der Waals surface area contributed by atoms with Gasteiger partial charge in [-0.05, 0) is 63.0 Å². The van der Waals surface area contributed by atoms with Crippen molar-refractivity contribution in [3.8, 4) is 11.5 Å². The van der Waals surface area contributed by atoms with E-state index in [0.29, 0.717) is 23.2 Å². The Bertz CT molecular complexity index is 828. The van der Waals surface area contributed by atoms with Crippen molar-refractivity contribution in [2.75, 3.05) is 33.3 Å². The number of furan rings is 1. The minimum absolute atomic E-state index is 0.0243. The van der Waals surface area contributed by atoms with E-state index in [-0.39, 0.29) is 12.5 Å². The second-order valence-electron chi connectivity index (χ2n) is 7.87. The number of piperidine rings is 2. The maximum atomic E-state index is 13.0. The number of esters is 1. The van der Waals surface area contributed by atoms with Crippen LogP contribution in [0.4, 0.5) is 0 Å². The van der Waals surface area contributed by atoms with Gasteiger partial charge in [0.1, 0.15) is 18.0 Å². The molecule has 4 heterocycles. The number of ether oxygens (including phenoxy) is 1. The number of carbonyl (C=O) groups excluding carboxylic acids is 2. The number of hydrogen-bond acceptors (Lipinski definition) is 5. The van der Waals surface area contributed by atoms with Gasteiger partial charge in [-0.15, -0.1) is 0 Å². The van der Waals surface area contributed by atoms with Crippen LogP contribution in [0.25, 0.3) is 11.5 Å². The lowest BCUT2D eigenvalue weighted by Crippen LogP contribution is -2.48. The number of hydrogen-bond donors (Lipinski definition) is 0. The number of carbonyl (C=O) groups is 2. The third-order valence-electron chi connectivity index (χ3n) is 6.17. The molecule has 0 unspecified atom stereocenters. The molecular weight excluding hydrogens is 370 g/mol. The van der Waals surface area contributed by atoms with Crippen molar-refractivity contribution in [2.24, 2.45) is 0 Å². The summed E-state index contributed by atoms with van der Waals surface area (Å²) in [7, 11) is 1.35. The van der Waals surface area contributed by atoms with E-state index in [9.17, 15) is 9.59 Å². The molecule has 0 radical (unpaired) electrons. The Morgan fingerprint density at radius 3 is 2.48 bits per heavy atom. The minimum Gasteiger partial charge on any atom is -0.464 e. The quantitative estimate of drug-likeness (QED) is 0.723. The van der Waals surface area contributed by atoms with Crippen molar-refractivity contribution in [1.82, 2.24) is 14.4 Å². The molecule has 0 aliphatic carbocycles. The summed E-state index contributed by atoms with van der Waals surface area (Å²) in [5, 5.41) is 0. The van der Waals surface area contributed by atoms with Gasteiger partial charge in [-0.25, -0.2) is 4.79 Å². The van der Waals surface area contributed by atoms with Gasteiger partial charge >= 0.3 is 5.97 Å². The first-order valence-electron chi connectivity index (χ1n) is 10.5. The van der Waals surface area contributed by atoms with E-state index in [1.54, 1.807) is 29.0 Å². The van der Waals surface area contributed by atoms with E-state index in [0.717, 1.165) is 25.9 Å². The molecule has 7 nitrogen and oxygen atoms in total. The van der Waals surface area contributed by atoms with E-state index >= 15 is 0 Å². The average Bonchev–Trinajstić information content (AvgIpc) is 3.44. The van der Waals surface area contributed by atoms with Crippen LogP contribution in [0.2, 0.25) is 0 Å². The van der Waals surface area contributed by atoms with Gasteiger partial charge < -0.3 is 23.5 Å². The SMILES string of the molecule is COC(=O)c1ccc(-c2ccco2)n1CC(=O)N1CCC(N2CCCCC2)CC1. The average molecular weight is 399 g/mol. The molecule has 2 saturated heterocycles. The number of amides is 1. The standard InChI is InChI=1S/C22H29N3O4/c1-28-22(27)19-8-7-18(20-6-5-15-29-20)25(19)16-21(26)24-13-9-17(10-14-24)23-11-3-2-4-12-23/h5-8,15,17H,2-4,9-14,16H2,1H3. The highest BCUT2D eigenvalue weighted by Crippen LogP contribution is 2.25. The van der Waals surface area contributed by atoms with Gasteiger partial charge in [0.15, 0.2) is 0 Å². The zero-order chi connectivity index (χ0) is 20.2. The van der Waals surface area contributed by atoms with Crippen LogP contribution in [0, 0.1) is 0 Å². The Hall–Kier alpha value is -2.54. The predicted molar refractivity (Wildman–Crippen MR) is 108 cm³/mol. The molecule has 156 valence electrons. The van der Waals surface area contributed by atoms with E-state index < -0.39 is 5.97 Å². The smallest absolute Gasteiger partial charge is 0.354 e. The number of nitrogens with zero attached hydrogens (tertiary/aromatic N) is 3. The molecule has 0 spiro atoms. The molecule has 2 aromatic heterocycles. The number of methoxy groups -OCH3 is 1. The molecule has 1 amide bonds. The number of rotatable bonds is 5. The van der Waals surface area contributed by atoms with Crippen molar-refractivity contribution >= 4 is 11.9 Å². The van der Waals surface area contributed by atoms with Crippen LogP contribution in [-0.2, 0) is 16.1 Å². The fourth-order valence-corrected chi connectivity index (χ4v) is 4.56. The van der Waals surface area contributed by atoms with Crippen molar-refractivity contribution in [1.29, 1.82) is 0 Å². The van der Waals surface area contributed by atoms with E-state index in [1.165, 1.54) is 39.5 Å². The molecule has 7 heteroatoms. The second kappa shape index (κ2) is 8.86. The Morgan fingerprint density at radius 2 is 1.83 bits per heavy atom. The van der Waals surface area contributed by atoms with Gasteiger partial charge in [0.2, 0.25) is 5.91 Å². The number of aromatic nitrogens is 1. The fraction of sp³-hybridized carbons (Fsp3) is 0.545. The summed E-state index contributed by atoms with van der Waals surface area (Å²) < 4.78 is 12.1. The van der Waals surface area contributed by atoms with Crippen molar-refractivity contribution in [3.63, 3.8) is 0 Å². The molecule has 0 bridgehead atoms. The Balaban J connectivity index is 1.44. The zero-order valence-electron chi connectivity index (χ0n) is 17.0. The normalized spacial score (nSPS) is 18.7. The minimum atomic E-state index is -0.459. The molecule has 2 aliphatic rings. The van der Waals surface area contributed by atoms with Gasteiger partial charge in [-0.3, -0.25) is 4.79 Å². The molecule has 4 rings (SSSR count). The lowest BCUT2D eigenvalue weighted by Gasteiger charge is -2.40. The van der Waals surface area contributed by atoms with Crippen molar-refractivity contribution < 1.29 is 18.7 Å². The second-order valence-corrected chi connectivity index (χ2v) is 7.87. The van der Waals surface area contributed by atoms with Crippen LogP contribution in [-0.4, -0.2) is 65.6 Å². The first-order chi connectivity index (χ1) is 14.2. The molecule has 0 saturated carbocycles. The summed E-state index contributed by atoms with van der Waals surface area (Å²) in [6.07, 6.45) is 7.54. The van der Waals surface area contributed by atoms with Crippen LogP contribution in [0.5, 0.6) is 0 Å². The van der Waals surface area contributed by atoms with Gasteiger partial charge in [0, 0.05) is 19.1 Å². The van der Waals surface area contributed by atoms with Crippen molar-refractivity contribution in [2.45, 2.75) is 44.7 Å².